The molecule has 5 nitrogen and oxygen atoms in total. The predicted molar refractivity (Wildman–Crippen MR) is 79.2 cm³/mol. The molecule has 1 aromatic rings. The fraction of sp³-hybridized carbons (Fsp3) is 0.500. The summed E-state index contributed by atoms with van der Waals surface area (Å²) in [7, 11) is 3.19. The molecule has 1 unspecified atom stereocenters. The molecule has 0 spiro atoms. The van der Waals surface area contributed by atoms with Gasteiger partial charge in [0.15, 0.2) is 0 Å². The van der Waals surface area contributed by atoms with Crippen molar-refractivity contribution in [2.24, 2.45) is 0 Å². The summed E-state index contributed by atoms with van der Waals surface area (Å²) in [5.41, 5.74) is 0.841. The topological polar surface area (TPSA) is 59.6 Å². The molecule has 1 rings (SSSR count). The van der Waals surface area contributed by atoms with Gasteiger partial charge < -0.3 is 20.1 Å². The van der Waals surface area contributed by atoms with Crippen LogP contribution in [0.5, 0.6) is 5.75 Å². The predicted octanol–water partition coefficient (Wildman–Crippen LogP) is 1.59. The highest BCUT2D eigenvalue weighted by atomic mass is 35.5. The van der Waals surface area contributed by atoms with Crippen LogP contribution in [-0.4, -0.2) is 39.3 Å². The highest BCUT2D eigenvalue weighted by Crippen LogP contribution is 2.25. The molecule has 0 saturated carbocycles. The number of hydrogen-bond donors (Lipinski definition) is 2. The second kappa shape index (κ2) is 8.79. The number of carbonyl (C=O) groups is 1. The molecule has 1 atom stereocenters. The van der Waals surface area contributed by atoms with E-state index in [1.807, 2.05) is 12.1 Å². The lowest BCUT2D eigenvalue weighted by Gasteiger charge is -2.16. The molecule has 0 bridgehead atoms. The van der Waals surface area contributed by atoms with Gasteiger partial charge in [0.25, 0.3) is 0 Å². The highest BCUT2D eigenvalue weighted by Gasteiger charge is 2.14. The van der Waals surface area contributed by atoms with Crippen LogP contribution in [0.4, 0.5) is 0 Å². The Morgan fingerprint density at radius 3 is 2.80 bits per heavy atom. The first-order valence-electron chi connectivity index (χ1n) is 6.41. The highest BCUT2D eigenvalue weighted by molar-refractivity contribution is 6.31. The van der Waals surface area contributed by atoms with E-state index in [0.717, 1.165) is 5.56 Å². The second-order valence-corrected chi connectivity index (χ2v) is 4.71. The third kappa shape index (κ3) is 5.00. The summed E-state index contributed by atoms with van der Waals surface area (Å²) in [6.07, 6.45) is 0. The van der Waals surface area contributed by atoms with Crippen LogP contribution >= 0.6 is 11.6 Å². The van der Waals surface area contributed by atoms with Gasteiger partial charge in [-0.3, -0.25) is 4.79 Å². The lowest BCUT2D eigenvalue weighted by atomic mass is 10.2. The van der Waals surface area contributed by atoms with Crippen LogP contribution in [0.2, 0.25) is 5.02 Å². The van der Waals surface area contributed by atoms with Crippen molar-refractivity contribution in [1.82, 2.24) is 10.6 Å². The van der Waals surface area contributed by atoms with Crippen LogP contribution in [0, 0.1) is 0 Å². The Bertz CT molecular complexity index is 440. The van der Waals surface area contributed by atoms with Crippen molar-refractivity contribution in [3.63, 3.8) is 0 Å². The lowest BCUT2D eigenvalue weighted by Crippen LogP contribution is -2.42. The molecule has 0 fully saturated rings. The van der Waals surface area contributed by atoms with E-state index in [1.54, 1.807) is 27.2 Å². The normalized spacial score (nSPS) is 12.0. The Hall–Kier alpha value is -1.30. The first-order valence-corrected chi connectivity index (χ1v) is 6.79. The van der Waals surface area contributed by atoms with Crippen LogP contribution in [0.3, 0.4) is 0 Å². The van der Waals surface area contributed by atoms with Crippen LogP contribution in [0.15, 0.2) is 18.2 Å². The fourth-order valence-electron chi connectivity index (χ4n) is 1.68. The molecule has 0 aliphatic heterocycles. The number of nitrogens with one attached hydrogen (secondary N) is 2. The van der Waals surface area contributed by atoms with E-state index in [9.17, 15) is 4.79 Å². The third-order valence-corrected chi connectivity index (χ3v) is 3.23. The molecular formula is C14H21ClN2O3. The van der Waals surface area contributed by atoms with Crippen molar-refractivity contribution in [2.75, 3.05) is 27.4 Å². The van der Waals surface area contributed by atoms with Gasteiger partial charge in [-0.25, -0.2) is 0 Å². The third-order valence-electron chi connectivity index (χ3n) is 2.88. The van der Waals surface area contributed by atoms with E-state index in [1.165, 1.54) is 0 Å². The molecule has 0 heterocycles. The smallest absolute Gasteiger partial charge is 0.236 e. The average Bonchev–Trinajstić information content (AvgIpc) is 2.45. The van der Waals surface area contributed by atoms with E-state index in [-0.39, 0.29) is 11.9 Å². The van der Waals surface area contributed by atoms with Crippen molar-refractivity contribution >= 4 is 17.5 Å². The van der Waals surface area contributed by atoms with Crippen LogP contribution in [0.1, 0.15) is 12.5 Å². The zero-order chi connectivity index (χ0) is 15.0. The molecule has 1 amide bonds. The summed E-state index contributed by atoms with van der Waals surface area (Å²) >= 11 is 6.14. The van der Waals surface area contributed by atoms with Gasteiger partial charge in [-0.05, 0) is 19.1 Å². The van der Waals surface area contributed by atoms with Crippen molar-refractivity contribution in [3.05, 3.63) is 28.8 Å². The molecule has 0 aromatic heterocycles. The fourth-order valence-corrected chi connectivity index (χ4v) is 1.91. The quantitative estimate of drug-likeness (QED) is 0.716. The summed E-state index contributed by atoms with van der Waals surface area (Å²) in [6.45, 7) is 3.25. The summed E-state index contributed by atoms with van der Waals surface area (Å²) < 4.78 is 10.1. The van der Waals surface area contributed by atoms with Crippen LogP contribution < -0.4 is 15.4 Å². The van der Waals surface area contributed by atoms with Crippen molar-refractivity contribution in [1.29, 1.82) is 0 Å². The van der Waals surface area contributed by atoms with Crippen molar-refractivity contribution in [2.45, 2.75) is 19.5 Å². The van der Waals surface area contributed by atoms with Crippen molar-refractivity contribution < 1.29 is 14.3 Å². The number of benzene rings is 1. The minimum atomic E-state index is -0.326. The number of methoxy groups -OCH3 is 2. The van der Waals surface area contributed by atoms with Gasteiger partial charge in [0.2, 0.25) is 5.91 Å². The standard InChI is InChI=1S/C14H21ClN2O3/c1-10(14(18)16-7-8-19-2)17-9-11-12(15)5-4-6-13(11)20-3/h4-6,10,17H,7-9H2,1-3H3,(H,16,18). The van der Waals surface area contributed by atoms with E-state index < -0.39 is 0 Å². The first kappa shape index (κ1) is 16.8. The molecule has 112 valence electrons. The first-order chi connectivity index (χ1) is 9.60. The summed E-state index contributed by atoms with van der Waals surface area (Å²) in [6, 6.07) is 5.13. The van der Waals surface area contributed by atoms with Gasteiger partial charge in [0.05, 0.1) is 19.8 Å². The van der Waals surface area contributed by atoms with Gasteiger partial charge in [-0.1, -0.05) is 17.7 Å². The molecule has 20 heavy (non-hydrogen) atoms. The number of halogens is 1. The van der Waals surface area contributed by atoms with E-state index >= 15 is 0 Å². The maximum absolute atomic E-state index is 11.8. The number of amides is 1. The Labute approximate surface area is 124 Å². The minimum absolute atomic E-state index is 0.0759. The van der Waals surface area contributed by atoms with Gasteiger partial charge >= 0.3 is 0 Å². The maximum Gasteiger partial charge on any atom is 0.236 e. The Balaban J connectivity index is 2.52. The molecular weight excluding hydrogens is 280 g/mol. The second-order valence-electron chi connectivity index (χ2n) is 4.31. The van der Waals surface area contributed by atoms with E-state index in [2.05, 4.69) is 10.6 Å². The summed E-state index contributed by atoms with van der Waals surface area (Å²) in [5, 5.41) is 6.51. The zero-order valence-electron chi connectivity index (χ0n) is 12.0. The largest absolute Gasteiger partial charge is 0.496 e. The number of hydrogen-bond acceptors (Lipinski definition) is 4. The SMILES string of the molecule is COCCNC(=O)C(C)NCc1c(Cl)cccc1OC. The molecule has 6 heteroatoms. The van der Waals surface area contributed by atoms with Gasteiger partial charge in [0, 0.05) is 30.8 Å². The van der Waals surface area contributed by atoms with Gasteiger partial charge in [0.1, 0.15) is 5.75 Å². The van der Waals surface area contributed by atoms with Crippen LogP contribution in [0.25, 0.3) is 0 Å². The van der Waals surface area contributed by atoms with E-state index in [0.29, 0.717) is 30.5 Å². The molecule has 1 aromatic carbocycles. The maximum atomic E-state index is 11.8. The number of rotatable bonds is 8. The Kier molecular flexibility index (Phi) is 7.36. The average molecular weight is 301 g/mol. The Morgan fingerprint density at radius 1 is 1.40 bits per heavy atom. The van der Waals surface area contributed by atoms with Gasteiger partial charge in [-0.15, -0.1) is 0 Å². The minimum Gasteiger partial charge on any atom is -0.496 e. The van der Waals surface area contributed by atoms with Crippen LogP contribution in [-0.2, 0) is 16.1 Å². The lowest BCUT2D eigenvalue weighted by molar-refractivity contribution is -0.122. The monoisotopic (exact) mass is 300 g/mol. The Morgan fingerprint density at radius 2 is 2.15 bits per heavy atom. The molecule has 0 radical (unpaired) electrons. The number of ether oxygens (including phenoxy) is 2. The zero-order valence-corrected chi connectivity index (χ0v) is 12.8. The number of carbonyl (C=O) groups excluding carboxylic acids is 1. The molecule has 0 aliphatic rings. The molecule has 0 saturated heterocycles. The van der Waals surface area contributed by atoms with E-state index in [4.69, 9.17) is 21.1 Å². The molecule has 2 N–H and O–H groups in total. The molecule has 0 aliphatic carbocycles. The summed E-state index contributed by atoms with van der Waals surface area (Å²) in [4.78, 5) is 11.8. The van der Waals surface area contributed by atoms with Gasteiger partial charge in [-0.2, -0.15) is 0 Å². The summed E-state index contributed by atoms with van der Waals surface area (Å²) in [5.74, 6) is 0.630. The van der Waals surface area contributed by atoms with Crippen molar-refractivity contribution in [3.8, 4) is 5.75 Å².